The summed E-state index contributed by atoms with van der Waals surface area (Å²) >= 11 is 34.9. The predicted octanol–water partition coefficient (Wildman–Crippen LogP) is 4.12. The summed E-state index contributed by atoms with van der Waals surface area (Å²) in [4.78, 5) is 0. The Balaban J connectivity index is 3.00. The van der Waals surface area contributed by atoms with E-state index in [0.717, 1.165) is 0 Å². The zero-order chi connectivity index (χ0) is 9.46. The van der Waals surface area contributed by atoms with Gasteiger partial charge in [0, 0.05) is 0 Å². The van der Waals surface area contributed by atoms with Gasteiger partial charge in [0.05, 0.1) is 31.6 Å². The molecule has 0 heterocycles. The molecule has 6 heteroatoms. The highest BCUT2D eigenvalue weighted by atomic mass is 35.5. The third-order valence-corrected chi connectivity index (χ3v) is 5.19. The van der Waals surface area contributed by atoms with E-state index in [1.165, 1.54) is 0 Å². The van der Waals surface area contributed by atoms with E-state index in [1.54, 1.807) is 0 Å². The molecule has 0 bridgehead atoms. The highest BCUT2D eigenvalue weighted by Crippen LogP contribution is 2.41. The van der Waals surface area contributed by atoms with Crippen molar-refractivity contribution in [2.75, 3.05) is 0 Å². The summed E-state index contributed by atoms with van der Waals surface area (Å²) in [7, 11) is 0. The van der Waals surface area contributed by atoms with E-state index >= 15 is 0 Å². The molecule has 4 atom stereocenters. The molecule has 0 radical (unpaired) electrons. The van der Waals surface area contributed by atoms with Crippen molar-refractivity contribution in [1.82, 2.24) is 0 Å². The Morgan fingerprint density at radius 1 is 0.667 bits per heavy atom. The van der Waals surface area contributed by atoms with Crippen molar-refractivity contribution in [1.29, 1.82) is 0 Å². The molecule has 0 spiro atoms. The number of alkyl halides is 4. The van der Waals surface area contributed by atoms with Gasteiger partial charge < -0.3 is 0 Å². The van der Waals surface area contributed by atoms with Gasteiger partial charge in [-0.05, 0) is 0 Å². The van der Waals surface area contributed by atoms with Crippen LogP contribution < -0.4 is 0 Å². The quantitative estimate of drug-likeness (QED) is 0.588. The maximum Gasteiger partial charge on any atom is 0.0882 e. The van der Waals surface area contributed by atoms with Crippen molar-refractivity contribution in [3.05, 3.63) is 10.1 Å². The zero-order valence-corrected chi connectivity index (χ0v) is 10.1. The number of halogens is 6. The minimum atomic E-state index is -0.557. The second-order valence-corrected chi connectivity index (χ2v) is 5.15. The summed E-state index contributed by atoms with van der Waals surface area (Å²) in [6.45, 7) is 0. The highest BCUT2D eigenvalue weighted by Gasteiger charge is 2.40. The van der Waals surface area contributed by atoms with Crippen molar-refractivity contribution in [2.45, 2.75) is 21.5 Å². The molecule has 70 valence electrons. The number of hydrogen-bond acceptors (Lipinski definition) is 0. The molecule has 1 aliphatic carbocycles. The molecule has 0 aromatic carbocycles. The maximum atomic E-state index is 5.85. The molecule has 0 saturated carbocycles. The summed E-state index contributed by atoms with van der Waals surface area (Å²) in [5.74, 6) is 0. The van der Waals surface area contributed by atoms with Gasteiger partial charge in [-0.25, -0.2) is 0 Å². The van der Waals surface area contributed by atoms with Crippen LogP contribution in [-0.2, 0) is 0 Å². The normalized spacial score (nSPS) is 43.5. The van der Waals surface area contributed by atoms with Gasteiger partial charge in [-0.3, -0.25) is 0 Å². The van der Waals surface area contributed by atoms with E-state index in [1.807, 2.05) is 0 Å². The summed E-state index contributed by atoms with van der Waals surface area (Å²) in [5, 5.41) is -1.53. The fraction of sp³-hybridized carbons (Fsp3) is 0.667. The van der Waals surface area contributed by atoms with Gasteiger partial charge in [-0.1, -0.05) is 23.2 Å². The standard InChI is InChI=1S/C6H4Cl6/c7-1-2(8)4(10)6(12)5(11)3(1)9/h1-4H/t1-,2-,3-,4+/m1/s1. The van der Waals surface area contributed by atoms with Gasteiger partial charge in [-0.15, -0.1) is 46.4 Å². The third kappa shape index (κ3) is 1.94. The summed E-state index contributed by atoms with van der Waals surface area (Å²) in [5.41, 5.74) is 0. The summed E-state index contributed by atoms with van der Waals surface area (Å²) < 4.78 is 0. The number of hydrogen-bond donors (Lipinski definition) is 0. The first kappa shape index (κ1) is 11.6. The van der Waals surface area contributed by atoms with Crippen molar-refractivity contribution < 1.29 is 0 Å². The van der Waals surface area contributed by atoms with Gasteiger partial charge in [-0.2, -0.15) is 0 Å². The highest BCUT2D eigenvalue weighted by molar-refractivity contribution is 6.50. The van der Waals surface area contributed by atoms with Crippen LogP contribution in [0.5, 0.6) is 0 Å². The molecule has 0 aromatic rings. The molecular weight excluding hydrogens is 285 g/mol. The van der Waals surface area contributed by atoms with Crippen molar-refractivity contribution >= 4 is 69.6 Å². The van der Waals surface area contributed by atoms with Crippen molar-refractivity contribution in [2.24, 2.45) is 0 Å². The topological polar surface area (TPSA) is 0 Å². The Morgan fingerprint density at radius 2 is 0.917 bits per heavy atom. The largest absolute Gasteiger partial charge is 0.119 e. The van der Waals surface area contributed by atoms with Crippen molar-refractivity contribution in [3.63, 3.8) is 0 Å². The first-order chi connectivity index (χ1) is 5.46. The second kappa shape index (κ2) is 4.33. The van der Waals surface area contributed by atoms with Gasteiger partial charge in [0.1, 0.15) is 0 Å². The molecule has 0 fully saturated rings. The van der Waals surface area contributed by atoms with Crippen LogP contribution >= 0.6 is 69.6 Å². The average molecular weight is 289 g/mol. The van der Waals surface area contributed by atoms with E-state index in [2.05, 4.69) is 0 Å². The SMILES string of the molecule is ClC1=C(Cl)[C@H](Cl)[C@H](Cl)[C@@H](Cl)[C@@H]1Cl. The molecule has 0 nitrogen and oxygen atoms in total. The Kier molecular flexibility index (Phi) is 4.17. The van der Waals surface area contributed by atoms with Crippen LogP contribution in [0.25, 0.3) is 0 Å². The minimum Gasteiger partial charge on any atom is -0.119 e. The van der Waals surface area contributed by atoms with Gasteiger partial charge >= 0.3 is 0 Å². The minimum absolute atomic E-state index is 0.287. The lowest BCUT2D eigenvalue weighted by Crippen LogP contribution is -2.38. The Labute approximate surface area is 101 Å². The van der Waals surface area contributed by atoms with Gasteiger partial charge in [0.15, 0.2) is 0 Å². The number of allylic oxidation sites excluding steroid dienone is 2. The lowest BCUT2D eigenvalue weighted by atomic mass is 10.1. The van der Waals surface area contributed by atoms with E-state index in [4.69, 9.17) is 69.6 Å². The van der Waals surface area contributed by atoms with Crippen molar-refractivity contribution in [3.8, 4) is 0 Å². The average Bonchev–Trinajstić information content (AvgIpc) is 2.08. The van der Waals surface area contributed by atoms with Gasteiger partial charge in [0.25, 0.3) is 0 Å². The van der Waals surface area contributed by atoms with Crippen LogP contribution in [0.15, 0.2) is 10.1 Å². The molecule has 1 rings (SSSR count). The predicted molar refractivity (Wildman–Crippen MR) is 57.3 cm³/mol. The molecule has 0 N–H and O–H groups in total. The lowest BCUT2D eigenvalue weighted by Gasteiger charge is -2.30. The van der Waals surface area contributed by atoms with Crippen LogP contribution in [0.4, 0.5) is 0 Å². The van der Waals surface area contributed by atoms with Gasteiger partial charge in [0.2, 0.25) is 0 Å². The van der Waals surface area contributed by atoms with Crippen LogP contribution in [0, 0.1) is 0 Å². The zero-order valence-electron chi connectivity index (χ0n) is 5.58. The third-order valence-electron chi connectivity index (χ3n) is 1.58. The summed E-state index contributed by atoms with van der Waals surface area (Å²) in [6, 6.07) is 0. The number of rotatable bonds is 0. The fourth-order valence-corrected chi connectivity index (χ4v) is 2.85. The molecule has 0 aromatic heterocycles. The Morgan fingerprint density at radius 3 is 1.17 bits per heavy atom. The molecule has 0 amide bonds. The first-order valence-electron chi connectivity index (χ1n) is 3.08. The van der Waals surface area contributed by atoms with E-state index in [0.29, 0.717) is 0 Å². The molecule has 0 unspecified atom stereocenters. The van der Waals surface area contributed by atoms with E-state index in [9.17, 15) is 0 Å². The van der Waals surface area contributed by atoms with Crippen LogP contribution in [0.2, 0.25) is 0 Å². The second-order valence-electron chi connectivity index (χ2n) is 2.39. The Bertz CT molecular complexity index is 190. The molecule has 12 heavy (non-hydrogen) atoms. The Hall–Kier alpha value is 1.48. The molecule has 1 aliphatic rings. The fourth-order valence-electron chi connectivity index (χ4n) is 0.866. The lowest BCUT2D eigenvalue weighted by molar-refractivity contribution is 0.742. The van der Waals surface area contributed by atoms with Crippen LogP contribution in [0.1, 0.15) is 0 Å². The molecular formula is C6H4Cl6. The first-order valence-corrected chi connectivity index (χ1v) is 5.58. The van der Waals surface area contributed by atoms with E-state index in [-0.39, 0.29) is 10.1 Å². The van der Waals surface area contributed by atoms with E-state index < -0.39 is 21.5 Å². The molecule has 0 aliphatic heterocycles. The smallest absolute Gasteiger partial charge is 0.0882 e. The maximum absolute atomic E-state index is 5.85. The summed E-state index contributed by atoms with van der Waals surface area (Å²) in [6.07, 6.45) is 0. The van der Waals surface area contributed by atoms with Crippen LogP contribution in [0.3, 0.4) is 0 Å². The van der Waals surface area contributed by atoms with Crippen LogP contribution in [-0.4, -0.2) is 21.5 Å². The monoisotopic (exact) mass is 286 g/mol. The molecule has 0 saturated heterocycles.